The summed E-state index contributed by atoms with van der Waals surface area (Å²) < 4.78 is 0. The number of aromatic nitrogens is 1. The van der Waals surface area contributed by atoms with Crippen LogP contribution in [0.2, 0.25) is 0 Å². The molecule has 7 heteroatoms. The van der Waals surface area contributed by atoms with Crippen LogP contribution in [0.5, 0.6) is 0 Å². The van der Waals surface area contributed by atoms with Crippen molar-refractivity contribution >= 4 is 18.0 Å². The number of piperazine rings is 1. The number of carbonyl (C=O) groups is 2. The number of anilines is 1. The van der Waals surface area contributed by atoms with Crippen molar-refractivity contribution in [2.45, 2.75) is 0 Å². The second kappa shape index (κ2) is 7.74. The molecule has 0 spiro atoms. The highest BCUT2D eigenvalue weighted by atomic mass is 16.2. The third-order valence-corrected chi connectivity index (χ3v) is 3.62. The van der Waals surface area contributed by atoms with Gasteiger partial charge in [0, 0.05) is 51.2 Å². The van der Waals surface area contributed by atoms with Gasteiger partial charge in [0.25, 0.3) is 5.91 Å². The van der Waals surface area contributed by atoms with E-state index in [0.717, 1.165) is 25.2 Å². The van der Waals surface area contributed by atoms with E-state index in [0.29, 0.717) is 31.9 Å². The highest BCUT2D eigenvalue weighted by Crippen LogP contribution is 2.11. The molecule has 0 saturated carbocycles. The highest BCUT2D eigenvalue weighted by Gasteiger charge is 2.22. The topological polar surface area (TPSA) is 68.8 Å². The molecule has 2 heterocycles. The molecule has 22 heavy (non-hydrogen) atoms. The fraction of sp³-hybridized carbons (Fsp3) is 0.533. The largest absolute Gasteiger partial charge is 0.384 e. The van der Waals surface area contributed by atoms with Gasteiger partial charge in [-0.15, -0.1) is 0 Å². The van der Waals surface area contributed by atoms with E-state index in [1.807, 2.05) is 20.2 Å². The Labute approximate surface area is 130 Å². The molecule has 0 aliphatic carbocycles. The van der Waals surface area contributed by atoms with Gasteiger partial charge in [0.1, 0.15) is 5.69 Å². The molecule has 120 valence electrons. The Morgan fingerprint density at radius 3 is 2.73 bits per heavy atom. The molecule has 0 bridgehead atoms. The molecule has 1 aliphatic heterocycles. The van der Waals surface area contributed by atoms with Gasteiger partial charge in [-0.25, -0.2) is 0 Å². The van der Waals surface area contributed by atoms with Gasteiger partial charge in [-0.1, -0.05) is 0 Å². The average molecular weight is 305 g/mol. The summed E-state index contributed by atoms with van der Waals surface area (Å²) in [6.45, 7) is 3.99. The van der Waals surface area contributed by atoms with Crippen LogP contribution in [0, 0.1) is 0 Å². The molecule has 0 aromatic carbocycles. The zero-order valence-electron chi connectivity index (χ0n) is 13.2. The fourth-order valence-corrected chi connectivity index (χ4v) is 2.27. The van der Waals surface area contributed by atoms with Crippen molar-refractivity contribution in [3.8, 4) is 0 Å². The van der Waals surface area contributed by atoms with E-state index in [1.54, 1.807) is 22.1 Å². The Hall–Kier alpha value is -2.15. The van der Waals surface area contributed by atoms with Gasteiger partial charge in [-0.2, -0.15) is 0 Å². The zero-order chi connectivity index (χ0) is 15.9. The lowest BCUT2D eigenvalue weighted by Crippen LogP contribution is -2.48. The van der Waals surface area contributed by atoms with Crippen molar-refractivity contribution in [3.05, 3.63) is 24.0 Å². The zero-order valence-corrected chi connectivity index (χ0v) is 13.2. The summed E-state index contributed by atoms with van der Waals surface area (Å²) in [7, 11) is 4.03. The van der Waals surface area contributed by atoms with Crippen LogP contribution in [0.4, 0.5) is 5.69 Å². The summed E-state index contributed by atoms with van der Waals surface area (Å²) in [5.74, 6) is -0.0817. The van der Waals surface area contributed by atoms with Gasteiger partial charge < -0.3 is 20.0 Å². The average Bonchev–Trinajstić information content (AvgIpc) is 2.54. The molecule has 1 aromatic heterocycles. The van der Waals surface area contributed by atoms with Crippen LogP contribution >= 0.6 is 0 Å². The van der Waals surface area contributed by atoms with Crippen LogP contribution in [0.1, 0.15) is 10.5 Å². The van der Waals surface area contributed by atoms with Crippen molar-refractivity contribution in [1.29, 1.82) is 0 Å². The smallest absolute Gasteiger partial charge is 0.272 e. The van der Waals surface area contributed by atoms with Crippen LogP contribution in [0.3, 0.4) is 0 Å². The number of likely N-dealkylation sites (N-methyl/N-ethyl adjacent to an activating group) is 1. The molecule has 1 aromatic rings. The van der Waals surface area contributed by atoms with Crippen LogP contribution in [-0.4, -0.2) is 85.4 Å². The molecule has 1 aliphatic rings. The van der Waals surface area contributed by atoms with Gasteiger partial charge >= 0.3 is 0 Å². The molecule has 2 rings (SSSR count). The minimum atomic E-state index is -0.0817. The second-order valence-electron chi connectivity index (χ2n) is 5.59. The molecule has 1 N–H and O–H groups in total. The van der Waals surface area contributed by atoms with E-state index in [1.165, 1.54) is 0 Å². The molecule has 7 nitrogen and oxygen atoms in total. The van der Waals surface area contributed by atoms with E-state index in [-0.39, 0.29) is 5.91 Å². The predicted molar refractivity (Wildman–Crippen MR) is 84.8 cm³/mol. The van der Waals surface area contributed by atoms with Gasteiger partial charge in [-0.05, 0) is 26.2 Å². The Kier molecular flexibility index (Phi) is 5.71. The summed E-state index contributed by atoms with van der Waals surface area (Å²) >= 11 is 0. The Morgan fingerprint density at radius 2 is 2.09 bits per heavy atom. The van der Waals surface area contributed by atoms with E-state index < -0.39 is 0 Å². The molecule has 0 atom stereocenters. The van der Waals surface area contributed by atoms with Crippen LogP contribution < -0.4 is 5.32 Å². The second-order valence-corrected chi connectivity index (χ2v) is 5.59. The van der Waals surface area contributed by atoms with Crippen molar-refractivity contribution in [1.82, 2.24) is 19.7 Å². The van der Waals surface area contributed by atoms with Crippen molar-refractivity contribution in [3.63, 3.8) is 0 Å². The van der Waals surface area contributed by atoms with E-state index in [4.69, 9.17) is 0 Å². The van der Waals surface area contributed by atoms with Gasteiger partial charge in [-0.3, -0.25) is 14.6 Å². The van der Waals surface area contributed by atoms with E-state index >= 15 is 0 Å². The first kappa shape index (κ1) is 16.2. The number of hydrogen-bond acceptors (Lipinski definition) is 5. The predicted octanol–water partition coefficient (Wildman–Crippen LogP) is -0.0307. The number of carbonyl (C=O) groups excluding carboxylic acids is 2. The summed E-state index contributed by atoms with van der Waals surface area (Å²) in [5.41, 5.74) is 1.33. The molecule has 1 saturated heterocycles. The van der Waals surface area contributed by atoms with Gasteiger partial charge in [0.2, 0.25) is 6.41 Å². The summed E-state index contributed by atoms with van der Waals surface area (Å²) in [4.78, 5) is 32.8. The van der Waals surface area contributed by atoms with E-state index in [2.05, 4.69) is 15.2 Å². The van der Waals surface area contributed by atoms with Gasteiger partial charge in [0.05, 0.1) is 0 Å². The summed E-state index contributed by atoms with van der Waals surface area (Å²) in [5, 5.41) is 3.28. The maximum atomic E-state index is 12.4. The molecule has 0 radical (unpaired) electrons. The third-order valence-electron chi connectivity index (χ3n) is 3.62. The fourth-order valence-electron chi connectivity index (χ4n) is 2.27. The van der Waals surface area contributed by atoms with E-state index in [9.17, 15) is 9.59 Å². The summed E-state index contributed by atoms with van der Waals surface area (Å²) in [6, 6.07) is 3.64. The Morgan fingerprint density at radius 1 is 1.36 bits per heavy atom. The van der Waals surface area contributed by atoms with Crippen molar-refractivity contribution < 1.29 is 9.59 Å². The van der Waals surface area contributed by atoms with Crippen molar-refractivity contribution in [2.75, 3.05) is 58.7 Å². The molecule has 1 fully saturated rings. The quantitative estimate of drug-likeness (QED) is 0.748. The molecule has 2 amide bonds. The first-order valence-electron chi connectivity index (χ1n) is 7.43. The maximum Gasteiger partial charge on any atom is 0.272 e. The van der Waals surface area contributed by atoms with Crippen molar-refractivity contribution in [2.24, 2.45) is 0 Å². The first-order valence-corrected chi connectivity index (χ1v) is 7.43. The first-order chi connectivity index (χ1) is 10.6. The molecule has 0 unspecified atom stereocenters. The lowest BCUT2D eigenvalue weighted by atomic mass is 10.2. The minimum Gasteiger partial charge on any atom is -0.384 e. The molecular weight excluding hydrogens is 282 g/mol. The number of rotatable bonds is 6. The number of nitrogens with one attached hydrogen (secondary N) is 1. The van der Waals surface area contributed by atoms with Gasteiger partial charge in [0.15, 0.2) is 0 Å². The third kappa shape index (κ3) is 4.42. The normalized spacial score (nSPS) is 15.0. The summed E-state index contributed by atoms with van der Waals surface area (Å²) in [6.07, 6.45) is 2.47. The lowest BCUT2D eigenvalue weighted by molar-refractivity contribution is -0.119. The SMILES string of the molecule is CN(C)CCNc1ccnc(C(=O)N2CCN(C=O)CC2)c1. The number of amides is 2. The number of hydrogen-bond donors (Lipinski definition) is 1. The number of pyridine rings is 1. The number of nitrogens with zero attached hydrogens (tertiary/aromatic N) is 4. The lowest BCUT2D eigenvalue weighted by Gasteiger charge is -2.32. The molecular formula is C15H23N5O2. The van der Waals surface area contributed by atoms with Crippen LogP contribution in [0.25, 0.3) is 0 Å². The maximum absolute atomic E-state index is 12.4. The minimum absolute atomic E-state index is 0.0817. The highest BCUT2D eigenvalue weighted by molar-refractivity contribution is 5.93. The standard InChI is InChI=1S/C15H23N5O2/c1-18(2)6-5-16-13-3-4-17-14(11-13)15(22)20-9-7-19(12-21)8-10-20/h3-4,11-12H,5-10H2,1-2H3,(H,16,17). The Bertz CT molecular complexity index is 512. The van der Waals surface area contributed by atoms with Crippen LogP contribution in [-0.2, 0) is 4.79 Å². The Balaban J connectivity index is 1.94. The van der Waals surface area contributed by atoms with Crippen LogP contribution in [0.15, 0.2) is 18.3 Å². The monoisotopic (exact) mass is 305 g/mol.